The molecule has 0 radical (unpaired) electrons. The number of nitrogens with zero attached hydrogens (tertiary/aromatic N) is 1. The molecule has 0 spiro atoms. The van der Waals surface area contributed by atoms with Crippen LogP contribution in [0.5, 0.6) is 5.75 Å². The predicted molar refractivity (Wildman–Crippen MR) is 98.9 cm³/mol. The molecule has 4 heteroatoms. The fourth-order valence-corrected chi connectivity index (χ4v) is 4.57. The van der Waals surface area contributed by atoms with Crippen molar-refractivity contribution in [2.24, 2.45) is 11.7 Å². The van der Waals surface area contributed by atoms with Gasteiger partial charge in [-0.15, -0.1) is 0 Å². The van der Waals surface area contributed by atoms with Crippen molar-refractivity contribution in [1.29, 1.82) is 0 Å². The van der Waals surface area contributed by atoms with Gasteiger partial charge in [-0.1, -0.05) is 30.3 Å². The molecular formula is C21H24N2O2. The second-order valence-electron chi connectivity index (χ2n) is 7.08. The van der Waals surface area contributed by atoms with Crippen molar-refractivity contribution in [2.45, 2.75) is 18.8 Å². The van der Waals surface area contributed by atoms with Gasteiger partial charge in [-0.2, -0.15) is 0 Å². The summed E-state index contributed by atoms with van der Waals surface area (Å²) in [6.45, 7) is 3.35. The molecule has 4 nitrogen and oxygen atoms in total. The molecule has 2 aromatic rings. The summed E-state index contributed by atoms with van der Waals surface area (Å²) in [5, 5.41) is 0. The second-order valence-corrected chi connectivity index (χ2v) is 7.08. The number of benzene rings is 2. The third kappa shape index (κ3) is 2.81. The highest BCUT2D eigenvalue weighted by atomic mass is 16.5. The van der Waals surface area contributed by atoms with Gasteiger partial charge in [-0.05, 0) is 55.1 Å². The third-order valence-electron chi connectivity index (χ3n) is 5.80. The van der Waals surface area contributed by atoms with E-state index in [9.17, 15) is 4.79 Å². The highest BCUT2D eigenvalue weighted by Crippen LogP contribution is 2.45. The van der Waals surface area contributed by atoms with Crippen molar-refractivity contribution in [2.75, 3.05) is 26.7 Å². The molecule has 3 saturated heterocycles. The molecule has 3 fully saturated rings. The maximum atomic E-state index is 12.2. The smallest absolute Gasteiger partial charge is 0.249 e. The number of para-hydroxylation sites is 1. The third-order valence-corrected chi connectivity index (χ3v) is 5.80. The van der Waals surface area contributed by atoms with E-state index in [-0.39, 0.29) is 5.91 Å². The molecule has 25 heavy (non-hydrogen) atoms. The van der Waals surface area contributed by atoms with E-state index in [1.54, 1.807) is 7.11 Å². The van der Waals surface area contributed by atoms with Gasteiger partial charge >= 0.3 is 0 Å². The number of carbonyl (C=O) groups is 1. The number of hydrogen-bond acceptors (Lipinski definition) is 3. The minimum absolute atomic E-state index is 0.344. The van der Waals surface area contributed by atoms with Crippen LogP contribution >= 0.6 is 0 Å². The van der Waals surface area contributed by atoms with Crippen molar-refractivity contribution >= 4 is 5.91 Å². The molecule has 2 bridgehead atoms. The van der Waals surface area contributed by atoms with E-state index in [4.69, 9.17) is 10.5 Å². The molecule has 5 rings (SSSR count). The summed E-state index contributed by atoms with van der Waals surface area (Å²) >= 11 is 0. The Labute approximate surface area is 148 Å². The average molecular weight is 336 g/mol. The van der Waals surface area contributed by atoms with Crippen LogP contribution in [0.15, 0.2) is 42.5 Å². The van der Waals surface area contributed by atoms with E-state index in [1.165, 1.54) is 25.9 Å². The molecule has 1 atom stereocenters. The SMILES string of the molecule is COc1ccccc1-c1cccc(C(N)=O)c1C1CN2CCC1CC2. The molecule has 1 amide bonds. The van der Waals surface area contributed by atoms with Crippen molar-refractivity contribution in [3.8, 4) is 16.9 Å². The van der Waals surface area contributed by atoms with Crippen LogP contribution in [0.25, 0.3) is 11.1 Å². The van der Waals surface area contributed by atoms with E-state index >= 15 is 0 Å². The molecule has 2 N–H and O–H groups in total. The summed E-state index contributed by atoms with van der Waals surface area (Å²) in [5.41, 5.74) is 9.62. The Morgan fingerprint density at radius 2 is 1.80 bits per heavy atom. The maximum Gasteiger partial charge on any atom is 0.249 e. The first-order valence-corrected chi connectivity index (χ1v) is 8.97. The number of ether oxygens (including phenoxy) is 1. The molecule has 0 saturated carbocycles. The van der Waals surface area contributed by atoms with E-state index in [1.807, 2.05) is 30.3 Å². The standard InChI is InChI=1S/C21H24N2O2/c1-25-19-8-3-2-5-15(19)16-6-4-7-17(21(22)24)20(16)18-13-23-11-9-14(18)10-12-23/h2-8,14,18H,9-13H2,1H3,(H2,22,24). The summed E-state index contributed by atoms with van der Waals surface area (Å²) in [6, 6.07) is 13.9. The van der Waals surface area contributed by atoms with E-state index < -0.39 is 0 Å². The van der Waals surface area contributed by atoms with Crippen LogP contribution in [0.2, 0.25) is 0 Å². The lowest BCUT2D eigenvalue weighted by Crippen LogP contribution is -2.46. The van der Waals surface area contributed by atoms with Gasteiger partial charge in [0.25, 0.3) is 0 Å². The van der Waals surface area contributed by atoms with Crippen molar-refractivity contribution in [3.05, 3.63) is 53.6 Å². The Bertz CT molecular complexity index is 794. The molecule has 2 aromatic carbocycles. The monoisotopic (exact) mass is 336 g/mol. The zero-order valence-corrected chi connectivity index (χ0v) is 14.6. The van der Waals surface area contributed by atoms with Gasteiger partial charge in [0.15, 0.2) is 0 Å². The Morgan fingerprint density at radius 1 is 1.08 bits per heavy atom. The Hall–Kier alpha value is -2.33. The van der Waals surface area contributed by atoms with Crippen LogP contribution in [0, 0.1) is 5.92 Å². The summed E-state index contributed by atoms with van der Waals surface area (Å²) in [5.74, 6) is 1.46. The largest absolute Gasteiger partial charge is 0.496 e. The first-order valence-electron chi connectivity index (χ1n) is 8.97. The Kier molecular flexibility index (Phi) is 4.22. The number of carbonyl (C=O) groups excluding carboxylic acids is 1. The number of hydrogen-bond donors (Lipinski definition) is 1. The van der Waals surface area contributed by atoms with Gasteiger partial charge in [-0.25, -0.2) is 0 Å². The van der Waals surface area contributed by atoms with Gasteiger partial charge in [0, 0.05) is 23.6 Å². The molecule has 3 heterocycles. The zero-order valence-electron chi connectivity index (χ0n) is 14.6. The first kappa shape index (κ1) is 16.2. The summed E-state index contributed by atoms with van der Waals surface area (Å²) in [4.78, 5) is 14.7. The van der Waals surface area contributed by atoms with Gasteiger partial charge in [-0.3, -0.25) is 4.79 Å². The van der Waals surface area contributed by atoms with Crippen LogP contribution in [-0.2, 0) is 0 Å². The fourth-order valence-electron chi connectivity index (χ4n) is 4.57. The van der Waals surface area contributed by atoms with Gasteiger partial charge in [0.1, 0.15) is 5.75 Å². The highest BCUT2D eigenvalue weighted by Gasteiger charge is 2.37. The number of nitrogens with two attached hydrogens (primary N) is 1. The van der Waals surface area contributed by atoms with Crippen LogP contribution in [0.4, 0.5) is 0 Å². The molecule has 130 valence electrons. The molecule has 3 aliphatic rings. The predicted octanol–water partition coefficient (Wildman–Crippen LogP) is 3.27. The van der Waals surface area contributed by atoms with Crippen LogP contribution < -0.4 is 10.5 Å². The first-order chi connectivity index (χ1) is 12.2. The number of methoxy groups -OCH3 is 1. The topological polar surface area (TPSA) is 55.6 Å². The van der Waals surface area contributed by atoms with Crippen LogP contribution in [0.3, 0.4) is 0 Å². The number of primary amides is 1. The quantitative estimate of drug-likeness (QED) is 0.932. The number of rotatable bonds is 4. The molecule has 3 aliphatic heterocycles. The second kappa shape index (κ2) is 6.52. The summed E-state index contributed by atoms with van der Waals surface area (Å²) in [6.07, 6.45) is 2.40. The Balaban J connectivity index is 1.90. The van der Waals surface area contributed by atoms with Gasteiger partial charge in [0.05, 0.1) is 7.11 Å². The molecular weight excluding hydrogens is 312 g/mol. The number of fused-ring (bicyclic) bond motifs is 3. The number of piperidine rings is 3. The van der Waals surface area contributed by atoms with E-state index in [2.05, 4.69) is 17.0 Å². The van der Waals surface area contributed by atoms with Crippen molar-refractivity contribution in [1.82, 2.24) is 4.90 Å². The average Bonchev–Trinajstić information content (AvgIpc) is 2.68. The fraction of sp³-hybridized carbons (Fsp3) is 0.381. The summed E-state index contributed by atoms with van der Waals surface area (Å²) in [7, 11) is 1.69. The minimum Gasteiger partial charge on any atom is -0.496 e. The lowest BCUT2D eigenvalue weighted by Gasteiger charge is -2.46. The minimum atomic E-state index is -0.344. The molecule has 1 unspecified atom stereocenters. The van der Waals surface area contributed by atoms with Crippen LogP contribution in [0.1, 0.15) is 34.7 Å². The maximum absolute atomic E-state index is 12.2. The highest BCUT2D eigenvalue weighted by molar-refractivity contribution is 5.97. The molecule has 0 aliphatic carbocycles. The van der Waals surface area contributed by atoms with Gasteiger partial charge < -0.3 is 15.4 Å². The van der Waals surface area contributed by atoms with Gasteiger partial charge in [0.2, 0.25) is 5.91 Å². The summed E-state index contributed by atoms with van der Waals surface area (Å²) < 4.78 is 5.58. The van der Waals surface area contributed by atoms with Crippen molar-refractivity contribution < 1.29 is 9.53 Å². The molecule has 0 aromatic heterocycles. The Morgan fingerprint density at radius 3 is 2.44 bits per heavy atom. The lowest BCUT2D eigenvalue weighted by molar-refractivity contribution is 0.0858. The van der Waals surface area contributed by atoms with E-state index in [0.29, 0.717) is 17.4 Å². The normalized spacial score (nSPS) is 24.9. The number of amides is 1. The van der Waals surface area contributed by atoms with Crippen molar-refractivity contribution in [3.63, 3.8) is 0 Å². The van der Waals surface area contributed by atoms with Crippen LogP contribution in [-0.4, -0.2) is 37.6 Å². The lowest BCUT2D eigenvalue weighted by atomic mass is 9.72. The van der Waals surface area contributed by atoms with E-state index in [0.717, 1.165) is 29.0 Å². The zero-order chi connectivity index (χ0) is 17.4.